The van der Waals surface area contributed by atoms with E-state index < -0.39 is 0 Å². The van der Waals surface area contributed by atoms with Crippen molar-refractivity contribution in [2.24, 2.45) is 0 Å². The molecule has 1 saturated heterocycles. The third-order valence-electron chi connectivity index (χ3n) is 4.81. The lowest BCUT2D eigenvalue weighted by Gasteiger charge is -2.11. The second-order valence-electron chi connectivity index (χ2n) is 6.91. The summed E-state index contributed by atoms with van der Waals surface area (Å²) < 4.78 is 17.0. The molecule has 1 aliphatic rings. The van der Waals surface area contributed by atoms with Gasteiger partial charge in [-0.2, -0.15) is 0 Å². The minimum absolute atomic E-state index is 0.0751. The van der Waals surface area contributed by atoms with Gasteiger partial charge in [-0.25, -0.2) is 9.78 Å². The molecular weight excluding hydrogens is 386 g/mol. The summed E-state index contributed by atoms with van der Waals surface area (Å²) in [6, 6.07) is 17.2. The first kappa shape index (κ1) is 19.7. The smallest absolute Gasteiger partial charge is 0.339 e. The van der Waals surface area contributed by atoms with Crippen LogP contribution in [0.1, 0.15) is 34.7 Å². The minimum Gasteiger partial charge on any atom is -0.455 e. The highest BCUT2D eigenvalue weighted by Gasteiger charge is 2.19. The normalized spacial score (nSPS) is 16.1. The Hall–Kier alpha value is -2.57. The number of nitrogens with zero attached hydrogens (tertiary/aromatic N) is 1. The maximum atomic E-state index is 12.7. The molecule has 1 atom stereocenters. The van der Waals surface area contributed by atoms with E-state index in [9.17, 15) is 4.79 Å². The van der Waals surface area contributed by atoms with Crippen molar-refractivity contribution in [2.45, 2.75) is 37.4 Å². The van der Waals surface area contributed by atoms with Crippen LogP contribution in [0.2, 0.25) is 0 Å². The molecule has 0 amide bonds. The van der Waals surface area contributed by atoms with Gasteiger partial charge in [0.1, 0.15) is 18.1 Å². The van der Waals surface area contributed by atoms with Crippen molar-refractivity contribution in [3.05, 3.63) is 71.6 Å². The molecule has 0 radical (unpaired) electrons. The maximum Gasteiger partial charge on any atom is 0.339 e. The number of carbonyl (C=O) groups is 1. The maximum absolute atomic E-state index is 12.7. The molecule has 150 valence electrons. The Morgan fingerprint density at radius 2 is 1.97 bits per heavy atom. The molecule has 5 nitrogen and oxygen atoms in total. The summed E-state index contributed by atoms with van der Waals surface area (Å²) in [5, 5.41) is 0. The summed E-state index contributed by atoms with van der Waals surface area (Å²) in [5.41, 5.74) is 2.09. The summed E-state index contributed by atoms with van der Waals surface area (Å²) in [4.78, 5) is 18.1. The number of thioether (sulfide) groups is 1. The van der Waals surface area contributed by atoms with Crippen LogP contribution in [0.4, 0.5) is 0 Å². The molecule has 29 heavy (non-hydrogen) atoms. The van der Waals surface area contributed by atoms with E-state index in [4.69, 9.17) is 13.9 Å². The highest BCUT2D eigenvalue weighted by atomic mass is 32.2. The number of oxazole rings is 1. The molecule has 0 saturated carbocycles. The largest absolute Gasteiger partial charge is 0.455 e. The number of hydrogen-bond donors (Lipinski definition) is 0. The highest BCUT2D eigenvalue weighted by Crippen LogP contribution is 2.28. The zero-order chi connectivity index (χ0) is 20.1. The van der Waals surface area contributed by atoms with E-state index in [1.54, 1.807) is 17.8 Å². The van der Waals surface area contributed by atoms with Crippen LogP contribution < -0.4 is 0 Å². The molecule has 1 aliphatic heterocycles. The molecule has 0 N–H and O–H groups in total. The number of aryl methyl sites for hydroxylation is 1. The Bertz CT molecular complexity index is 964. The third kappa shape index (κ3) is 4.89. The summed E-state index contributed by atoms with van der Waals surface area (Å²) in [6.07, 6.45) is 2.45. The van der Waals surface area contributed by atoms with E-state index >= 15 is 0 Å². The Morgan fingerprint density at radius 1 is 1.17 bits per heavy atom. The highest BCUT2D eigenvalue weighted by molar-refractivity contribution is 7.99. The quantitative estimate of drug-likeness (QED) is 0.391. The first-order valence-corrected chi connectivity index (χ1v) is 10.7. The molecule has 0 spiro atoms. The SMILES string of the molecule is Cc1oc(-c2ccccc2)nc1COC(=O)c1ccccc1SCC1CCCO1. The van der Waals surface area contributed by atoms with Crippen LogP contribution >= 0.6 is 11.8 Å². The number of hydrogen-bond acceptors (Lipinski definition) is 6. The van der Waals surface area contributed by atoms with Crippen molar-refractivity contribution in [1.82, 2.24) is 4.98 Å². The van der Waals surface area contributed by atoms with E-state index in [1.807, 2.05) is 55.5 Å². The topological polar surface area (TPSA) is 61.6 Å². The molecule has 3 aromatic rings. The molecule has 1 unspecified atom stereocenters. The first-order chi connectivity index (χ1) is 14.2. The summed E-state index contributed by atoms with van der Waals surface area (Å²) >= 11 is 1.64. The van der Waals surface area contributed by atoms with Gasteiger partial charge in [0, 0.05) is 22.8 Å². The molecule has 6 heteroatoms. The summed E-state index contributed by atoms with van der Waals surface area (Å²) in [7, 11) is 0. The van der Waals surface area contributed by atoms with Gasteiger partial charge in [-0.3, -0.25) is 0 Å². The predicted octanol–water partition coefficient (Wildman–Crippen LogP) is 5.28. The summed E-state index contributed by atoms with van der Waals surface area (Å²) in [6.45, 7) is 2.73. The zero-order valence-electron chi connectivity index (χ0n) is 16.3. The number of benzene rings is 2. The second-order valence-corrected chi connectivity index (χ2v) is 7.97. The van der Waals surface area contributed by atoms with E-state index in [2.05, 4.69) is 4.98 Å². The van der Waals surface area contributed by atoms with Crippen molar-refractivity contribution in [2.75, 3.05) is 12.4 Å². The Labute approximate surface area is 174 Å². The van der Waals surface area contributed by atoms with Crippen molar-refractivity contribution >= 4 is 17.7 Å². The van der Waals surface area contributed by atoms with Gasteiger partial charge < -0.3 is 13.9 Å². The minimum atomic E-state index is -0.357. The number of esters is 1. The lowest BCUT2D eigenvalue weighted by Crippen LogP contribution is -2.10. The molecule has 2 aromatic carbocycles. The molecule has 1 fully saturated rings. The number of ether oxygens (including phenoxy) is 2. The lowest BCUT2D eigenvalue weighted by atomic mass is 10.2. The number of carbonyl (C=O) groups excluding carboxylic acids is 1. The van der Waals surface area contributed by atoms with E-state index in [-0.39, 0.29) is 18.7 Å². The van der Waals surface area contributed by atoms with Crippen LogP contribution in [-0.2, 0) is 16.1 Å². The van der Waals surface area contributed by atoms with Crippen molar-refractivity contribution in [3.63, 3.8) is 0 Å². The van der Waals surface area contributed by atoms with Gasteiger partial charge >= 0.3 is 5.97 Å². The summed E-state index contributed by atoms with van der Waals surface area (Å²) in [5.74, 6) is 1.66. The fourth-order valence-corrected chi connectivity index (χ4v) is 4.31. The van der Waals surface area contributed by atoms with Crippen LogP contribution in [0, 0.1) is 6.92 Å². The number of rotatable bonds is 7. The molecule has 2 heterocycles. The van der Waals surface area contributed by atoms with Crippen LogP contribution in [0.15, 0.2) is 63.9 Å². The molecule has 0 aliphatic carbocycles. The molecule has 4 rings (SSSR count). The van der Waals surface area contributed by atoms with Crippen LogP contribution in [0.25, 0.3) is 11.5 Å². The van der Waals surface area contributed by atoms with E-state index in [0.717, 1.165) is 35.7 Å². The monoisotopic (exact) mass is 409 g/mol. The predicted molar refractivity (Wildman–Crippen MR) is 112 cm³/mol. The van der Waals surface area contributed by atoms with Crippen LogP contribution in [-0.4, -0.2) is 29.4 Å². The van der Waals surface area contributed by atoms with Gasteiger partial charge in [-0.05, 0) is 44.0 Å². The van der Waals surface area contributed by atoms with E-state index in [1.165, 1.54) is 0 Å². The average Bonchev–Trinajstić information content (AvgIpc) is 3.41. The van der Waals surface area contributed by atoms with Gasteiger partial charge in [0.15, 0.2) is 0 Å². The van der Waals surface area contributed by atoms with Crippen molar-refractivity contribution in [3.8, 4) is 11.5 Å². The van der Waals surface area contributed by atoms with Gasteiger partial charge in [0.05, 0.1) is 11.7 Å². The van der Waals surface area contributed by atoms with E-state index in [0.29, 0.717) is 22.9 Å². The fraction of sp³-hybridized carbons (Fsp3) is 0.304. The zero-order valence-corrected chi connectivity index (χ0v) is 17.1. The number of aromatic nitrogens is 1. The van der Waals surface area contributed by atoms with Gasteiger partial charge in [0.2, 0.25) is 5.89 Å². The first-order valence-electron chi connectivity index (χ1n) is 9.73. The van der Waals surface area contributed by atoms with Crippen LogP contribution in [0.5, 0.6) is 0 Å². The molecule has 1 aromatic heterocycles. The average molecular weight is 410 g/mol. The van der Waals surface area contributed by atoms with Gasteiger partial charge in [0.25, 0.3) is 0 Å². The Kier molecular flexibility index (Phi) is 6.32. The second kappa shape index (κ2) is 9.29. The van der Waals surface area contributed by atoms with Crippen molar-refractivity contribution in [1.29, 1.82) is 0 Å². The lowest BCUT2D eigenvalue weighted by molar-refractivity contribution is 0.0462. The third-order valence-corrected chi connectivity index (χ3v) is 6.01. The Morgan fingerprint density at radius 3 is 2.76 bits per heavy atom. The standard InChI is InChI=1S/C23H23NO4S/c1-16-20(24-22(28-16)17-8-3-2-4-9-17)14-27-23(25)19-11-5-6-12-21(19)29-15-18-10-7-13-26-18/h2-6,8-9,11-12,18H,7,10,13-15H2,1H3. The van der Waals surface area contributed by atoms with Gasteiger partial charge in [-0.1, -0.05) is 30.3 Å². The fourth-order valence-electron chi connectivity index (χ4n) is 3.20. The van der Waals surface area contributed by atoms with Crippen LogP contribution in [0.3, 0.4) is 0 Å². The molecular formula is C23H23NO4S. The van der Waals surface area contributed by atoms with Crippen molar-refractivity contribution < 1.29 is 18.7 Å². The Balaban J connectivity index is 1.40. The molecule has 0 bridgehead atoms. The van der Waals surface area contributed by atoms with Gasteiger partial charge in [-0.15, -0.1) is 11.8 Å².